The molecule has 0 aliphatic carbocycles. The third-order valence-electron chi connectivity index (χ3n) is 3.75. The van der Waals surface area contributed by atoms with E-state index in [-0.39, 0.29) is 22.0 Å². The minimum absolute atomic E-state index is 0.00274. The topological polar surface area (TPSA) is 83.5 Å². The third kappa shape index (κ3) is 4.83. The Morgan fingerprint density at radius 2 is 1.63 bits per heavy atom. The van der Waals surface area contributed by atoms with Crippen LogP contribution in [0.5, 0.6) is 5.75 Å². The van der Waals surface area contributed by atoms with Crippen molar-refractivity contribution in [2.75, 3.05) is 4.72 Å². The second-order valence-electron chi connectivity index (χ2n) is 5.79. The number of anilines is 1. The number of phenols is 1. The van der Waals surface area contributed by atoms with Crippen molar-refractivity contribution in [3.8, 4) is 5.75 Å². The van der Waals surface area contributed by atoms with E-state index in [1.807, 2.05) is 0 Å². The number of hydrogen-bond donors (Lipinski definition) is 2. The van der Waals surface area contributed by atoms with Crippen molar-refractivity contribution in [1.29, 1.82) is 0 Å². The third-order valence-corrected chi connectivity index (χ3v) is 5.13. The fourth-order valence-electron chi connectivity index (χ4n) is 2.43. The van der Waals surface area contributed by atoms with Crippen molar-refractivity contribution in [3.63, 3.8) is 0 Å². The Morgan fingerprint density at radius 1 is 0.889 bits per heavy atom. The summed E-state index contributed by atoms with van der Waals surface area (Å²) in [5, 5.41) is 9.45. The second-order valence-corrected chi connectivity index (χ2v) is 7.47. The normalized spacial score (nSPS) is 11.4. The lowest BCUT2D eigenvalue weighted by Crippen LogP contribution is -2.13. The van der Waals surface area contributed by atoms with Crippen LogP contribution in [-0.4, -0.2) is 19.3 Å². The molecule has 0 aromatic heterocycles. The molecular weight excluding hydrogens is 362 g/mol. The summed E-state index contributed by atoms with van der Waals surface area (Å²) in [6, 6.07) is 20.8. The molecule has 6 heteroatoms. The average Bonchev–Trinajstić information content (AvgIpc) is 2.67. The first-order valence-electron chi connectivity index (χ1n) is 8.13. The number of hydrogen-bond acceptors (Lipinski definition) is 4. The lowest BCUT2D eigenvalue weighted by Gasteiger charge is -2.08. The molecule has 0 heterocycles. The van der Waals surface area contributed by atoms with Crippen LogP contribution in [0.25, 0.3) is 6.08 Å². The predicted molar refractivity (Wildman–Crippen MR) is 105 cm³/mol. The lowest BCUT2D eigenvalue weighted by atomic mass is 10.1. The van der Waals surface area contributed by atoms with Gasteiger partial charge in [-0.2, -0.15) is 0 Å². The highest BCUT2D eigenvalue weighted by atomic mass is 32.2. The van der Waals surface area contributed by atoms with Crippen LogP contribution in [0.3, 0.4) is 0 Å². The Bertz CT molecular complexity index is 1090. The van der Waals surface area contributed by atoms with Gasteiger partial charge in [0.15, 0.2) is 5.78 Å². The Labute approximate surface area is 157 Å². The van der Waals surface area contributed by atoms with Gasteiger partial charge in [-0.1, -0.05) is 48.5 Å². The minimum atomic E-state index is -3.80. The van der Waals surface area contributed by atoms with Crippen molar-refractivity contribution in [3.05, 3.63) is 96.1 Å². The molecule has 0 unspecified atom stereocenters. The molecule has 0 atom stereocenters. The summed E-state index contributed by atoms with van der Waals surface area (Å²) in [7, 11) is -3.80. The maximum atomic E-state index is 12.5. The van der Waals surface area contributed by atoms with E-state index in [1.165, 1.54) is 36.4 Å². The maximum absolute atomic E-state index is 12.5. The summed E-state index contributed by atoms with van der Waals surface area (Å²) in [4.78, 5) is 12.4. The number of aromatic hydroxyl groups is 1. The van der Waals surface area contributed by atoms with Gasteiger partial charge in [-0.05, 0) is 48.0 Å². The molecule has 0 amide bonds. The summed E-state index contributed by atoms with van der Waals surface area (Å²) in [6.45, 7) is 0. The fourth-order valence-corrected chi connectivity index (χ4v) is 3.54. The van der Waals surface area contributed by atoms with E-state index < -0.39 is 10.0 Å². The van der Waals surface area contributed by atoms with Gasteiger partial charge in [-0.25, -0.2) is 8.42 Å². The number of carbonyl (C=O) groups excluding carboxylic acids is 1. The SMILES string of the molecule is O=C(/C=C/c1cccc(O)c1)c1cccc(S(=O)(=O)Nc2ccccc2)c1. The highest BCUT2D eigenvalue weighted by Gasteiger charge is 2.15. The number of rotatable bonds is 6. The van der Waals surface area contributed by atoms with E-state index in [1.54, 1.807) is 54.6 Å². The molecule has 0 saturated carbocycles. The van der Waals surface area contributed by atoms with Crippen LogP contribution in [0.1, 0.15) is 15.9 Å². The number of nitrogens with one attached hydrogen (secondary N) is 1. The minimum Gasteiger partial charge on any atom is -0.508 e. The van der Waals surface area contributed by atoms with Gasteiger partial charge in [0.05, 0.1) is 4.90 Å². The summed E-state index contributed by atoms with van der Waals surface area (Å²) < 4.78 is 27.5. The van der Waals surface area contributed by atoms with Gasteiger partial charge in [0.1, 0.15) is 5.75 Å². The molecule has 0 bridgehead atoms. The van der Waals surface area contributed by atoms with Crippen molar-refractivity contribution in [2.45, 2.75) is 4.90 Å². The van der Waals surface area contributed by atoms with Gasteiger partial charge in [0, 0.05) is 11.3 Å². The van der Waals surface area contributed by atoms with Crippen LogP contribution in [-0.2, 0) is 10.0 Å². The van der Waals surface area contributed by atoms with Crippen LogP contribution in [0.15, 0.2) is 89.8 Å². The molecule has 3 aromatic carbocycles. The first-order chi connectivity index (χ1) is 12.9. The van der Waals surface area contributed by atoms with E-state index in [4.69, 9.17) is 0 Å². The van der Waals surface area contributed by atoms with Gasteiger partial charge in [0.25, 0.3) is 10.0 Å². The number of para-hydroxylation sites is 1. The Balaban J connectivity index is 1.81. The summed E-state index contributed by atoms with van der Waals surface area (Å²) in [6.07, 6.45) is 2.90. The van der Waals surface area contributed by atoms with E-state index in [2.05, 4.69) is 4.72 Å². The number of phenolic OH excluding ortho intramolecular Hbond substituents is 1. The molecule has 0 fully saturated rings. The van der Waals surface area contributed by atoms with Gasteiger partial charge < -0.3 is 5.11 Å². The van der Waals surface area contributed by atoms with Crippen LogP contribution in [0.4, 0.5) is 5.69 Å². The molecule has 2 N–H and O–H groups in total. The highest BCUT2D eigenvalue weighted by Crippen LogP contribution is 2.18. The Kier molecular flexibility index (Phi) is 5.38. The van der Waals surface area contributed by atoms with E-state index in [0.29, 0.717) is 11.3 Å². The zero-order valence-electron chi connectivity index (χ0n) is 14.2. The van der Waals surface area contributed by atoms with Gasteiger partial charge >= 0.3 is 0 Å². The average molecular weight is 379 g/mol. The van der Waals surface area contributed by atoms with Crippen molar-refractivity contribution >= 4 is 27.6 Å². The van der Waals surface area contributed by atoms with Crippen molar-refractivity contribution in [1.82, 2.24) is 0 Å². The van der Waals surface area contributed by atoms with Crippen molar-refractivity contribution in [2.24, 2.45) is 0 Å². The monoisotopic (exact) mass is 379 g/mol. The molecule has 3 aromatic rings. The molecule has 0 aliphatic heterocycles. The fraction of sp³-hybridized carbons (Fsp3) is 0. The zero-order chi connectivity index (χ0) is 19.3. The largest absolute Gasteiger partial charge is 0.508 e. The molecule has 3 rings (SSSR count). The van der Waals surface area contributed by atoms with Crippen LogP contribution < -0.4 is 4.72 Å². The molecule has 0 saturated heterocycles. The smallest absolute Gasteiger partial charge is 0.261 e. The number of ketones is 1. The molecular formula is C21H17NO4S. The van der Waals surface area contributed by atoms with Gasteiger partial charge in [-0.3, -0.25) is 9.52 Å². The van der Waals surface area contributed by atoms with E-state index in [0.717, 1.165) is 0 Å². The highest BCUT2D eigenvalue weighted by molar-refractivity contribution is 7.92. The van der Waals surface area contributed by atoms with Crippen LogP contribution >= 0.6 is 0 Å². The van der Waals surface area contributed by atoms with Crippen molar-refractivity contribution < 1.29 is 18.3 Å². The Hall–Kier alpha value is -3.38. The summed E-state index contributed by atoms with van der Waals surface area (Å²) >= 11 is 0. The zero-order valence-corrected chi connectivity index (χ0v) is 15.1. The maximum Gasteiger partial charge on any atom is 0.261 e. The summed E-state index contributed by atoms with van der Waals surface area (Å²) in [5.41, 5.74) is 1.36. The van der Waals surface area contributed by atoms with Gasteiger partial charge in [-0.15, -0.1) is 0 Å². The second kappa shape index (κ2) is 7.88. The molecule has 5 nitrogen and oxygen atoms in total. The summed E-state index contributed by atoms with van der Waals surface area (Å²) in [5.74, 6) is -0.236. The lowest BCUT2D eigenvalue weighted by molar-refractivity contribution is 0.104. The molecule has 0 spiro atoms. The number of sulfonamides is 1. The number of benzene rings is 3. The van der Waals surface area contributed by atoms with Gasteiger partial charge in [0.2, 0.25) is 0 Å². The van der Waals surface area contributed by atoms with Crippen LogP contribution in [0, 0.1) is 0 Å². The quantitative estimate of drug-likeness (QED) is 0.499. The Morgan fingerprint density at radius 3 is 2.37 bits per heavy atom. The van der Waals surface area contributed by atoms with E-state index in [9.17, 15) is 18.3 Å². The molecule has 136 valence electrons. The molecule has 0 aliphatic rings. The number of carbonyl (C=O) groups is 1. The number of allylic oxidation sites excluding steroid dienone is 1. The molecule has 27 heavy (non-hydrogen) atoms. The predicted octanol–water partition coefficient (Wildman–Crippen LogP) is 4.09. The first-order valence-corrected chi connectivity index (χ1v) is 9.62. The molecule has 0 radical (unpaired) electrons. The van der Waals surface area contributed by atoms with Crippen LogP contribution in [0.2, 0.25) is 0 Å². The standard InChI is InChI=1S/C21H17NO4S/c23-19-10-4-6-16(14-19)12-13-21(24)17-7-5-11-20(15-17)27(25,26)22-18-8-2-1-3-9-18/h1-15,22-23H/b13-12+. The van der Waals surface area contributed by atoms with E-state index >= 15 is 0 Å². The first kappa shape index (κ1) is 18.4.